The van der Waals surface area contributed by atoms with E-state index < -0.39 is 16.0 Å². The summed E-state index contributed by atoms with van der Waals surface area (Å²) in [4.78, 5) is 14.7. The number of carboxylic acid groups (broad SMARTS) is 1. The molecule has 0 unspecified atom stereocenters. The van der Waals surface area contributed by atoms with Crippen LogP contribution in [0.1, 0.15) is 10.7 Å². The van der Waals surface area contributed by atoms with Gasteiger partial charge in [-0.1, -0.05) is 5.16 Å². The number of sulfonamides is 1. The highest BCUT2D eigenvalue weighted by molar-refractivity contribution is 7.91. The first kappa shape index (κ1) is 13.6. The smallest absolute Gasteiger partial charge is 0.308 e. The van der Waals surface area contributed by atoms with Crippen LogP contribution in [0.15, 0.2) is 27.3 Å². The average Bonchev–Trinajstić information content (AvgIpc) is 2.96. The number of rotatable bonds is 6. The van der Waals surface area contributed by atoms with Gasteiger partial charge in [0, 0.05) is 4.88 Å². The van der Waals surface area contributed by atoms with Crippen LogP contribution in [0.5, 0.6) is 0 Å². The summed E-state index contributed by atoms with van der Waals surface area (Å²) in [6.07, 6.45) is 0.894. The van der Waals surface area contributed by atoms with E-state index in [-0.39, 0.29) is 23.0 Å². The van der Waals surface area contributed by atoms with Crippen molar-refractivity contribution in [1.29, 1.82) is 0 Å². The lowest BCUT2D eigenvalue weighted by Gasteiger charge is -2.01. The monoisotopic (exact) mass is 303 g/mol. The molecule has 10 heteroatoms. The molecule has 0 radical (unpaired) electrons. The normalized spacial score (nSPS) is 11.6. The Morgan fingerprint density at radius 2 is 2.26 bits per heavy atom. The molecule has 19 heavy (non-hydrogen) atoms. The fraction of sp³-hybridized carbons (Fsp3) is 0.222. The number of nitrogens with one attached hydrogen (secondary N) is 1. The van der Waals surface area contributed by atoms with Crippen molar-refractivity contribution in [3.8, 4) is 0 Å². The lowest BCUT2D eigenvalue weighted by Crippen LogP contribution is -2.22. The molecule has 0 aliphatic carbocycles. The van der Waals surface area contributed by atoms with E-state index in [0.717, 1.165) is 17.7 Å². The van der Waals surface area contributed by atoms with Crippen LogP contribution in [-0.4, -0.2) is 29.6 Å². The number of hydrogen-bond donors (Lipinski definition) is 2. The Morgan fingerprint density at radius 3 is 2.89 bits per heavy atom. The first-order chi connectivity index (χ1) is 8.97. The fourth-order valence-electron chi connectivity index (χ4n) is 1.25. The largest absolute Gasteiger partial charge is 0.481 e. The predicted molar refractivity (Wildman–Crippen MR) is 64.0 cm³/mol. The number of nitrogens with zero attached hydrogens (tertiary/aromatic N) is 2. The Balaban J connectivity index is 2.06. The molecule has 2 rings (SSSR count). The van der Waals surface area contributed by atoms with E-state index in [1.807, 2.05) is 0 Å². The molecule has 0 aromatic carbocycles. The van der Waals surface area contributed by atoms with E-state index in [4.69, 9.17) is 5.11 Å². The van der Waals surface area contributed by atoms with Gasteiger partial charge in [0.25, 0.3) is 0 Å². The van der Waals surface area contributed by atoms with E-state index in [9.17, 15) is 13.2 Å². The Hall–Kier alpha value is -1.78. The summed E-state index contributed by atoms with van der Waals surface area (Å²) >= 11 is 0.910. The van der Waals surface area contributed by atoms with Gasteiger partial charge in [0.15, 0.2) is 5.82 Å². The molecule has 2 heterocycles. The lowest BCUT2D eigenvalue weighted by atomic mass is 10.3. The van der Waals surface area contributed by atoms with Gasteiger partial charge in [-0.2, -0.15) is 4.98 Å². The summed E-state index contributed by atoms with van der Waals surface area (Å²) < 4.78 is 30.6. The van der Waals surface area contributed by atoms with E-state index in [1.165, 1.54) is 12.1 Å². The first-order valence-corrected chi connectivity index (χ1v) is 7.33. The molecule has 0 saturated carbocycles. The minimum atomic E-state index is -3.70. The maximum Gasteiger partial charge on any atom is 0.308 e. The van der Waals surface area contributed by atoms with Crippen LogP contribution in [-0.2, 0) is 27.8 Å². The Labute approximate surface area is 112 Å². The Morgan fingerprint density at radius 1 is 1.47 bits per heavy atom. The van der Waals surface area contributed by atoms with Crippen molar-refractivity contribution < 1.29 is 22.8 Å². The molecule has 0 bridgehead atoms. The maximum absolute atomic E-state index is 11.9. The third-order valence-corrected chi connectivity index (χ3v) is 5.03. The van der Waals surface area contributed by atoms with E-state index in [0.29, 0.717) is 4.88 Å². The van der Waals surface area contributed by atoms with Crippen molar-refractivity contribution in [2.45, 2.75) is 17.2 Å². The van der Waals surface area contributed by atoms with Crippen molar-refractivity contribution in [3.05, 3.63) is 29.2 Å². The lowest BCUT2D eigenvalue weighted by molar-refractivity contribution is -0.136. The third kappa shape index (κ3) is 3.59. The number of carboxylic acids is 1. The summed E-state index contributed by atoms with van der Waals surface area (Å²) in [6, 6.07) is 2.84. The van der Waals surface area contributed by atoms with Crippen LogP contribution in [0.25, 0.3) is 0 Å². The Bertz CT molecular complexity index is 662. The number of carbonyl (C=O) groups is 1. The fourth-order valence-corrected chi connectivity index (χ4v) is 3.62. The summed E-state index contributed by atoms with van der Waals surface area (Å²) in [6.45, 7) is -0.0923. The third-order valence-electron chi connectivity index (χ3n) is 2.05. The highest BCUT2D eigenvalue weighted by atomic mass is 32.2. The molecule has 102 valence electrons. The molecule has 0 spiro atoms. The average molecular weight is 303 g/mol. The van der Waals surface area contributed by atoms with Crippen LogP contribution in [0.3, 0.4) is 0 Å². The van der Waals surface area contributed by atoms with Gasteiger partial charge >= 0.3 is 5.97 Å². The zero-order chi connectivity index (χ0) is 13.9. The van der Waals surface area contributed by atoms with Crippen LogP contribution in [0.2, 0.25) is 0 Å². The SMILES string of the molecule is O=C(O)Cc1ccc(S(=O)(=O)NCc2ncon2)s1. The van der Waals surface area contributed by atoms with Crippen molar-refractivity contribution in [1.82, 2.24) is 14.9 Å². The summed E-state index contributed by atoms with van der Waals surface area (Å²) in [5.41, 5.74) is 0. The molecule has 0 saturated heterocycles. The number of thiophene rings is 1. The van der Waals surface area contributed by atoms with E-state index in [1.54, 1.807) is 0 Å². The molecule has 2 aromatic heterocycles. The van der Waals surface area contributed by atoms with Crippen LogP contribution in [0, 0.1) is 0 Å². The first-order valence-electron chi connectivity index (χ1n) is 5.03. The molecule has 2 aromatic rings. The second-order valence-electron chi connectivity index (χ2n) is 3.46. The van der Waals surface area contributed by atoms with Crippen LogP contribution >= 0.6 is 11.3 Å². The standard InChI is InChI=1S/C9H9N3O5S2/c13-8(14)3-6-1-2-9(18-6)19(15,16)11-4-7-10-5-17-12-7/h1-2,5,11H,3-4H2,(H,13,14). The molecule has 0 atom stereocenters. The minimum absolute atomic E-state index is 0.0484. The summed E-state index contributed by atoms with van der Waals surface area (Å²) in [5.74, 6) is -0.795. The van der Waals surface area contributed by atoms with Gasteiger partial charge in [0.1, 0.15) is 4.21 Å². The zero-order valence-corrected chi connectivity index (χ0v) is 11.1. The van der Waals surface area contributed by atoms with E-state index in [2.05, 4.69) is 19.4 Å². The molecule has 2 N–H and O–H groups in total. The van der Waals surface area contributed by atoms with E-state index >= 15 is 0 Å². The van der Waals surface area contributed by atoms with Gasteiger partial charge in [-0.15, -0.1) is 11.3 Å². The summed E-state index contributed by atoms with van der Waals surface area (Å²) in [5, 5.41) is 12.1. The quantitative estimate of drug-likeness (QED) is 0.783. The molecule has 8 nitrogen and oxygen atoms in total. The number of aromatic nitrogens is 2. The topological polar surface area (TPSA) is 122 Å². The second kappa shape index (κ2) is 5.47. The molecule has 0 aliphatic heterocycles. The van der Waals surface area contributed by atoms with Gasteiger partial charge in [0.2, 0.25) is 16.4 Å². The molecule has 0 aliphatic rings. The zero-order valence-electron chi connectivity index (χ0n) is 9.44. The predicted octanol–water partition coefficient (Wildman–Crippen LogP) is 0.237. The van der Waals surface area contributed by atoms with Crippen LogP contribution < -0.4 is 4.72 Å². The number of aliphatic carboxylic acids is 1. The van der Waals surface area contributed by atoms with Crippen molar-refractivity contribution in [2.24, 2.45) is 0 Å². The second-order valence-corrected chi connectivity index (χ2v) is 6.63. The maximum atomic E-state index is 11.9. The highest BCUT2D eigenvalue weighted by Gasteiger charge is 2.18. The van der Waals surface area contributed by atoms with Crippen molar-refractivity contribution in [3.63, 3.8) is 0 Å². The summed E-state index contributed by atoms with van der Waals surface area (Å²) in [7, 11) is -3.70. The molecule has 0 fully saturated rings. The van der Waals surface area contributed by atoms with Gasteiger partial charge in [-0.3, -0.25) is 4.79 Å². The highest BCUT2D eigenvalue weighted by Crippen LogP contribution is 2.21. The van der Waals surface area contributed by atoms with Crippen molar-refractivity contribution in [2.75, 3.05) is 0 Å². The molecule has 0 amide bonds. The van der Waals surface area contributed by atoms with Crippen molar-refractivity contribution >= 4 is 27.3 Å². The molecular weight excluding hydrogens is 294 g/mol. The van der Waals surface area contributed by atoms with Gasteiger partial charge in [-0.05, 0) is 12.1 Å². The molecular formula is C9H9N3O5S2. The van der Waals surface area contributed by atoms with Gasteiger partial charge in [-0.25, -0.2) is 13.1 Å². The van der Waals surface area contributed by atoms with Crippen LogP contribution in [0.4, 0.5) is 0 Å². The van der Waals surface area contributed by atoms with Gasteiger partial charge in [0.05, 0.1) is 13.0 Å². The Kier molecular flexibility index (Phi) is 3.93. The number of hydrogen-bond acceptors (Lipinski definition) is 7. The minimum Gasteiger partial charge on any atom is -0.481 e. The van der Waals surface area contributed by atoms with Gasteiger partial charge < -0.3 is 9.63 Å².